The first-order valence-corrected chi connectivity index (χ1v) is 7.62. The molecule has 1 aromatic heterocycles. The van der Waals surface area contributed by atoms with E-state index in [-0.39, 0.29) is 5.91 Å². The highest BCUT2D eigenvalue weighted by molar-refractivity contribution is 5.93. The van der Waals surface area contributed by atoms with Crippen molar-refractivity contribution in [3.05, 3.63) is 48.3 Å². The summed E-state index contributed by atoms with van der Waals surface area (Å²) >= 11 is 0. The second kappa shape index (κ2) is 7.13. The van der Waals surface area contributed by atoms with Crippen LogP contribution in [0, 0.1) is 5.92 Å². The van der Waals surface area contributed by atoms with Gasteiger partial charge in [0.2, 0.25) is 0 Å². The Morgan fingerprint density at radius 3 is 2.73 bits per heavy atom. The van der Waals surface area contributed by atoms with Gasteiger partial charge < -0.3 is 10.1 Å². The Bertz CT molecular complexity index is 608. The van der Waals surface area contributed by atoms with Crippen LogP contribution in [0.1, 0.15) is 23.2 Å². The van der Waals surface area contributed by atoms with Crippen LogP contribution in [0.4, 0.5) is 0 Å². The van der Waals surface area contributed by atoms with Gasteiger partial charge in [0.15, 0.2) is 6.20 Å². The van der Waals surface area contributed by atoms with Gasteiger partial charge in [0.1, 0.15) is 11.8 Å². The van der Waals surface area contributed by atoms with E-state index < -0.39 is 0 Å². The number of hydrogen-bond acceptors (Lipinski definition) is 3. The van der Waals surface area contributed by atoms with Crippen molar-refractivity contribution in [2.45, 2.75) is 12.8 Å². The van der Waals surface area contributed by atoms with Crippen LogP contribution in [0.25, 0.3) is 11.4 Å². The third-order valence-corrected chi connectivity index (χ3v) is 3.90. The molecule has 0 spiro atoms. The Balaban J connectivity index is 1.59. The molecule has 5 heteroatoms. The van der Waals surface area contributed by atoms with Gasteiger partial charge in [-0.3, -0.25) is 4.79 Å². The minimum absolute atomic E-state index is 0.0881. The molecule has 0 aliphatic carbocycles. The molecule has 2 N–H and O–H groups in total. The molecule has 0 atom stereocenters. The third-order valence-electron chi connectivity index (χ3n) is 3.90. The fraction of sp³-hybridized carbons (Fsp3) is 0.353. The molecule has 22 heavy (non-hydrogen) atoms. The van der Waals surface area contributed by atoms with Crippen molar-refractivity contribution in [3.8, 4) is 11.4 Å². The first-order valence-electron chi connectivity index (χ1n) is 7.62. The second-order valence-corrected chi connectivity index (χ2v) is 5.48. The third kappa shape index (κ3) is 3.68. The van der Waals surface area contributed by atoms with Crippen molar-refractivity contribution in [1.82, 2.24) is 10.3 Å². The van der Waals surface area contributed by atoms with Gasteiger partial charge in [-0.2, -0.15) is 0 Å². The molecule has 3 rings (SSSR count). The number of hydrogen-bond donors (Lipinski definition) is 1. The van der Waals surface area contributed by atoms with Gasteiger partial charge in [-0.05, 0) is 35.9 Å². The molecule has 0 bridgehead atoms. The summed E-state index contributed by atoms with van der Waals surface area (Å²) in [6, 6.07) is 9.83. The molecule has 0 saturated carbocycles. The van der Waals surface area contributed by atoms with E-state index in [1.807, 2.05) is 30.3 Å². The first-order chi connectivity index (χ1) is 10.8. The van der Waals surface area contributed by atoms with Crippen molar-refractivity contribution in [3.63, 3.8) is 0 Å². The molecular weight excluding hydrogens is 278 g/mol. The van der Waals surface area contributed by atoms with Crippen molar-refractivity contribution >= 4 is 5.91 Å². The lowest BCUT2D eigenvalue weighted by Crippen LogP contribution is -2.32. The number of amides is 1. The standard InChI is InChI=1S/C17H19N3O2/c21-17(20-10-13-6-8-22-9-7-13)15-11-18-16(19-12-15)14-4-2-1-3-5-14/h1-5,11-13H,6-10H2,(H,20,21)/p+1. The lowest BCUT2D eigenvalue weighted by Gasteiger charge is -2.21. The predicted octanol–water partition coefficient (Wildman–Crippen LogP) is 1.72. The summed E-state index contributed by atoms with van der Waals surface area (Å²) in [4.78, 5) is 19.5. The first kappa shape index (κ1) is 14.7. The molecule has 1 aliphatic rings. The molecule has 2 aromatic rings. The summed E-state index contributed by atoms with van der Waals surface area (Å²) in [5.74, 6) is 1.18. The number of carbonyl (C=O) groups is 1. The summed E-state index contributed by atoms with van der Waals surface area (Å²) in [5.41, 5.74) is 1.54. The summed E-state index contributed by atoms with van der Waals surface area (Å²) in [7, 11) is 0. The Labute approximate surface area is 129 Å². The summed E-state index contributed by atoms with van der Waals surface area (Å²) in [6.45, 7) is 2.28. The SMILES string of the molecule is O=C(NCC1CCOCC1)c1cnc(-c2ccccc2)[nH+]c1. The normalized spacial score (nSPS) is 15.5. The minimum Gasteiger partial charge on any atom is -0.381 e. The van der Waals surface area contributed by atoms with Crippen LogP contribution in [-0.2, 0) is 4.74 Å². The fourth-order valence-corrected chi connectivity index (χ4v) is 2.52. The van der Waals surface area contributed by atoms with Gasteiger partial charge in [-0.25, -0.2) is 4.98 Å². The number of aromatic amines is 1. The van der Waals surface area contributed by atoms with Crippen LogP contribution >= 0.6 is 0 Å². The average Bonchev–Trinajstić information content (AvgIpc) is 2.61. The smallest absolute Gasteiger partial charge is 0.327 e. The van der Waals surface area contributed by atoms with E-state index in [1.54, 1.807) is 12.4 Å². The van der Waals surface area contributed by atoms with Gasteiger partial charge in [0.25, 0.3) is 5.91 Å². The Kier molecular flexibility index (Phi) is 4.75. The molecule has 2 heterocycles. The number of nitrogens with zero attached hydrogens (tertiary/aromatic N) is 1. The molecule has 114 valence electrons. The van der Waals surface area contributed by atoms with E-state index in [1.165, 1.54) is 0 Å². The maximum atomic E-state index is 12.1. The highest BCUT2D eigenvalue weighted by atomic mass is 16.5. The minimum atomic E-state index is -0.0881. The van der Waals surface area contributed by atoms with E-state index in [0.29, 0.717) is 18.0 Å². The van der Waals surface area contributed by atoms with E-state index in [9.17, 15) is 4.79 Å². The molecule has 0 unspecified atom stereocenters. The molecule has 1 aliphatic heterocycles. The topological polar surface area (TPSA) is 65.4 Å². The van der Waals surface area contributed by atoms with E-state index in [0.717, 1.165) is 37.4 Å². The molecule has 1 aromatic carbocycles. The van der Waals surface area contributed by atoms with Crippen LogP contribution in [-0.4, -0.2) is 30.6 Å². The molecule has 1 saturated heterocycles. The lowest BCUT2D eigenvalue weighted by atomic mass is 10.0. The number of nitrogens with one attached hydrogen (secondary N) is 2. The fourth-order valence-electron chi connectivity index (χ4n) is 2.52. The molecule has 0 radical (unpaired) electrons. The van der Waals surface area contributed by atoms with E-state index >= 15 is 0 Å². The maximum absolute atomic E-state index is 12.1. The zero-order valence-electron chi connectivity index (χ0n) is 12.4. The van der Waals surface area contributed by atoms with Gasteiger partial charge in [0.05, 0.1) is 5.56 Å². The predicted molar refractivity (Wildman–Crippen MR) is 82.1 cm³/mol. The quantitative estimate of drug-likeness (QED) is 0.934. The number of carbonyl (C=O) groups excluding carboxylic acids is 1. The Morgan fingerprint density at radius 1 is 1.27 bits per heavy atom. The molecule has 1 amide bonds. The Hall–Kier alpha value is -2.27. The zero-order chi connectivity index (χ0) is 15.2. The number of aromatic nitrogens is 2. The Morgan fingerprint density at radius 2 is 2.05 bits per heavy atom. The maximum Gasteiger partial charge on any atom is 0.327 e. The molecule has 1 fully saturated rings. The number of ether oxygens (including phenoxy) is 1. The van der Waals surface area contributed by atoms with Crippen LogP contribution < -0.4 is 10.3 Å². The second-order valence-electron chi connectivity index (χ2n) is 5.48. The van der Waals surface area contributed by atoms with Crippen molar-refractivity contribution < 1.29 is 14.5 Å². The highest BCUT2D eigenvalue weighted by Crippen LogP contribution is 2.13. The highest BCUT2D eigenvalue weighted by Gasteiger charge is 2.17. The van der Waals surface area contributed by atoms with E-state index in [2.05, 4.69) is 15.3 Å². The van der Waals surface area contributed by atoms with Crippen molar-refractivity contribution in [1.29, 1.82) is 0 Å². The summed E-state index contributed by atoms with van der Waals surface area (Å²) < 4.78 is 5.32. The van der Waals surface area contributed by atoms with Gasteiger partial charge in [-0.15, -0.1) is 0 Å². The lowest BCUT2D eigenvalue weighted by molar-refractivity contribution is -0.369. The zero-order valence-corrected chi connectivity index (χ0v) is 12.4. The largest absolute Gasteiger partial charge is 0.381 e. The van der Waals surface area contributed by atoms with Crippen molar-refractivity contribution in [2.75, 3.05) is 19.8 Å². The van der Waals surface area contributed by atoms with Crippen LogP contribution in [0.15, 0.2) is 42.7 Å². The number of benzene rings is 1. The molecule has 5 nitrogen and oxygen atoms in total. The van der Waals surface area contributed by atoms with Gasteiger partial charge in [0, 0.05) is 19.8 Å². The van der Waals surface area contributed by atoms with E-state index in [4.69, 9.17) is 4.74 Å². The van der Waals surface area contributed by atoms with Crippen LogP contribution in [0.2, 0.25) is 0 Å². The van der Waals surface area contributed by atoms with Gasteiger partial charge >= 0.3 is 5.82 Å². The molecular formula is C17H20N3O2+. The van der Waals surface area contributed by atoms with Gasteiger partial charge in [-0.1, -0.05) is 18.2 Å². The van der Waals surface area contributed by atoms with Crippen molar-refractivity contribution in [2.24, 2.45) is 5.92 Å². The van der Waals surface area contributed by atoms with Crippen LogP contribution in [0.5, 0.6) is 0 Å². The summed E-state index contributed by atoms with van der Waals surface area (Å²) in [6.07, 6.45) is 5.34. The van der Waals surface area contributed by atoms with Crippen LogP contribution in [0.3, 0.4) is 0 Å². The number of rotatable bonds is 4. The summed E-state index contributed by atoms with van der Waals surface area (Å²) in [5, 5.41) is 2.97. The average molecular weight is 298 g/mol. The number of H-pyrrole nitrogens is 1. The monoisotopic (exact) mass is 298 g/mol.